The van der Waals surface area contributed by atoms with E-state index >= 15 is 0 Å². The Morgan fingerprint density at radius 1 is 1.00 bits per heavy atom. The van der Waals surface area contributed by atoms with Crippen molar-refractivity contribution in [3.05, 3.63) is 59.2 Å². The number of hydrogen-bond acceptors (Lipinski definition) is 4. The second-order valence-corrected chi connectivity index (χ2v) is 11.6. The highest BCUT2D eigenvalue weighted by Gasteiger charge is 2.52. The van der Waals surface area contributed by atoms with Gasteiger partial charge in [-0.2, -0.15) is 0 Å². The molecular formula is C23H28BF2NO4S. The molecule has 0 spiro atoms. The highest BCUT2D eigenvalue weighted by atomic mass is 32.2. The molecule has 9 heteroatoms. The van der Waals surface area contributed by atoms with Gasteiger partial charge in [0.2, 0.25) is 10.0 Å². The van der Waals surface area contributed by atoms with Crippen LogP contribution in [0.5, 0.6) is 0 Å². The monoisotopic (exact) mass is 463 g/mol. The van der Waals surface area contributed by atoms with E-state index in [4.69, 9.17) is 9.31 Å². The van der Waals surface area contributed by atoms with Gasteiger partial charge in [0.25, 0.3) is 0 Å². The average Bonchev–Trinajstić information content (AvgIpc) is 3.46. The summed E-state index contributed by atoms with van der Waals surface area (Å²) in [5, 5.41) is 0. The largest absolute Gasteiger partial charge is 0.497 e. The Bertz CT molecular complexity index is 1130. The van der Waals surface area contributed by atoms with Crippen LogP contribution in [-0.4, -0.2) is 33.0 Å². The first-order valence-corrected chi connectivity index (χ1v) is 12.5. The third kappa shape index (κ3) is 4.43. The van der Waals surface area contributed by atoms with Crippen molar-refractivity contribution in [3.8, 4) is 0 Å². The number of halogens is 2. The molecule has 2 aliphatic rings. The third-order valence-electron chi connectivity index (χ3n) is 6.59. The number of sulfonamides is 1. The molecule has 0 radical (unpaired) electrons. The van der Waals surface area contributed by atoms with Crippen LogP contribution in [0.1, 0.15) is 57.6 Å². The van der Waals surface area contributed by atoms with E-state index in [2.05, 4.69) is 0 Å². The fraction of sp³-hybridized carbons (Fsp3) is 0.478. The van der Waals surface area contributed by atoms with Crippen molar-refractivity contribution in [2.45, 2.75) is 64.2 Å². The summed E-state index contributed by atoms with van der Waals surface area (Å²) in [6.07, 6.45) is 2.94. The van der Waals surface area contributed by atoms with Gasteiger partial charge in [-0.3, -0.25) is 4.31 Å². The number of rotatable bonds is 6. The summed E-state index contributed by atoms with van der Waals surface area (Å²) in [5.41, 5.74) is 0.293. The van der Waals surface area contributed by atoms with Crippen molar-refractivity contribution in [1.29, 1.82) is 0 Å². The number of benzene rings is 2. The van der Waals surface area contributed by atoms with E-state index in [1.165, 1.54) is 12.1 Å². The molecule has 5 nitrogen and oxygen atoms in total. The zero-order valence-corrected chi connectivity index (χ0v) is 19.8. The Labute approximate surface area is 188 Å². The molecule has 1 saturated heterocycles. The molecule has 0 atom stereocenters. The van der Waals surface area contributed by atoms with Gasteiger partial charge < -0.3 is 9.31 Å². The lowest BCUT2D eigenvalue weighted by Crippen LogP contribution is -2.41. The Kier molecular flexibility index (Phi) is 5.67. The molecule has 1 aliphatic heterocycles. The van der Waals surface area contributed by atoms with E-state index in [9.17, 15) is 17.2 Å². The van der Waals surface area contributed by atoms with Crippen LogP contribution < -0.4 is 9.77 Å². The summed E-state index contributed by atoms with van der Waals surface area (Å²) in [7, 11) is -4.58. The minimum atomic E-state index is -3.72. The lowest BCUT2D eigenvalue weighted by Gasteiger charge is -2.32. The predicted molar refractivity (Wildman–Crippen MR) is 122 cm³/mol. The minimum absolute atomic E-state index is 0.123. The van der Waals surface area contributed by atoms with Gasteiger partial charge in [-0.05, 0) is 75.8 Å². The van der Waals surface area contributed by atoms with Crippen LogP contribution in [0.4, 0.5) is 14.5 Å². The van der Waals surface area contributed by atoms with Crippen LogP contribution in [0.15, 0.2) is 36.4 Å². The minimum Gasteiger partial charge on any atom is -0.399 e. The van der Waals surface area contributed by atoms with Crippen molar-refractivity contribution >= 4 is 28.3 Å². The molecule has 0 bridgehead atoms. The summed E-state index contributed by atoms with van der Waals surface area (Å²) < 4.78 is 67.3. The van der Waals surface area contributed by atoms with Gasteiger partial charge in [0.1, 0.15) is 11.6 Å². The van der Waals surface area contributed by atoms with E-state index in [-0.39, 0.29) is 23.6 Å². The normalized spacial score (nSPS) is 19.9. The number of hydrogen-bond donors (Lipinski definition) is 0. The molecule has 4 rings (SSSR count). The first-order valence-electron chi connectivity index (χ1n) is 10.7. The summed E-state index contributed by atoms with van der Waals surface area (Å²) in [6.45, 7) is 7.42. The van der Waals surface area contributed by atoms with Crippen molar-refractivity contribution in [2.24, 2.45) is 0 Å². The predicted octanol–water partition coefficient (Wildman–Crippen LogP) is 4.11. The van der Waals surface area contributed by atoms with Crippen LogP contribution in [-0.2, 0) is 25.9 Å². The average molecular weight is 463 g/mol. The van der Waals surface area contributed by atoms with E-state index in [1.807, 2.05) is 27.7 Å². The Hall–Kier alpha value is -1.97. The van der Waals surface area contributed by atoms with Crippen molar-refractivity contribution in [1.82, 2.24) is 0 Å². The van der Waals surface area contributed by atoms with Crippen LogP contribution in [0.2, 0.25) is 0 Å². The summed E-state index contributed by atoms with van der Waals surface area (Å²) in [5.74, 6) is -0.752. The van der Waals surface area contributed by atoms with Gasteiger partial charge in [-0.25, -0.2) is 17.2 Å². The zero-order valence-electron chi connectivity index (χ0n) is 19.0. The summed E-state index contributed by atoms with van der Waals surface area (Å²) in [6, 6.07) is 8.94. The Balaban J connectivity index is 1.59. The van der Waals surface area contributed by atoms with Gasteiger partial charge in [0, 0.05) is 5.46 Å². The maximum absolute atomic E-state index is 15.0. The molecule has 2 fully saturated rings. The van der Waals surface area contributed by atoms with Gasteiger partial charge in [0.15, 0.2) is 0 Å². The van der Waals surface area contributed by atoms with E-state index < -0.39 is 40.0 Å². The quantitative estimate of drug-likeness (QED) is 0.606. The molecule has 0 N–H and O–H groups in total. The second-order valence-electron chi connectivity index (χ2n) is 9.69. The van der Waals surface area contributed by atoms with Crippen molar-refractivity contribution < 1.29 is 26.5 Å². The molecule has 1 aliphatic carbocycles. The zero-order chi connectivity index (χ0) is 23.5. The van der Waals surface area contributed by atoms with E-state index in [1.54, 1.807) is 24.3 Å². The smallest absolute Gasteiger partial charge is 0.399 e. The molecular weight excluding hydrogens is 435 g/mol. The number of nitrogens with zero attached hydrogens (tertiary/aromatic N) is 1. The van der Waals surface area contributed by atoms with Gasteiger partial charge in [-0.15, -0.1) is 0 Å². The standard InChI is InChI=1S/C23H28BF2NO4S/c1-22(2)23(3,4)31-24(30-22)19-11-6-15(12-21(19)26)14-27(32(5,28)29)17-9-10-18(16-7-8-16)20(25)13-17/h6,9-13,16H,7-8,14H2,1-5H3. The fourth-order valence-corrected chi connectivity index (χ4v) is 4.67. The lowest BCUT2D eigenvalue weighted by atomic mass is 9.78. The second kappa shape index (κ2) is 7.82. The van der Waals surface area contributed by atoms with Crippen LogP contribution in [0.25, 0.3) is 0 Å². The number of anilines is 1. The molecule has 0 unspecified atom stereocenters. The SMILES string of the molecule is CC1(C)OB(c2ccc(CN(c3ccc(C4CC4)c(F)c3)S(C)(=O)=O)cc2F)OC1(C)C. The first kappa shape index (κ1) is 23.2. The van der Waals surface area contributed by atoms with Crippen molar-refractivity contribution in [2.75, 3.05) is 10.6 Å². The van der Waals surface area contributed by atoms with E-state index in [0.717, 1.165) is 23.4 Å². The lowest BCUT2D eigenvalue weighted by molar-refractivity contribution is 0.00578. The Morgan fingerprint density at radius 2 is 1.62 bits per heavy atom. The van der Waals surface area contributed by atoms with E-state index in [0.29, 0.717) is 11.1 Å². The summed E-state index contributed by atoms with van der Waals surface area (Å²) in [4.78, 5) is 0. The molecule has 1 heterocycles. The molecule has 2 aromatic carbocycles. The van der Waals surface area contributed by atoms with Crippen LogP contribution in [0, 0.1) is 11.6 Å². The van der Waals surface area contributed by atoms with Crippen LogP contribution >= 0.6 is 0 Å². The molecule has 0 amide bonds. The van der Waals surface area contributed by atoms with Gasteiger partial charge >= 0.3 is 7.12 Å². The highest BCUT2D eigenvalue weighted by Crippen LogP contribution is 2.42. The fourth-order valence-electron chi connectivity index (χ4n) is 3.79. The highest BCUT2D eigenvalue weighted by molar-refractivity contribution is 7.92. The van der Waals surface area contributed by atoms with Crippen molar-refractivity contribution in [3.63, 3.8) is 0 Å². The molecule has 1 saturated carbocycles. The van der Waals surface area contributed by atoms with Gasteiger partial charge in [0.05, 0.1) is 29.7 Å². The van der Waals surface area contributed by atoms with Gasteiger partial charge in [-0.1, -0.05) is 18.2 Å². The topological polar surface area (TPSA) is 55.8 Å². The molecule has 2 aromatic rings. The summed E-state index contributed by atoms with van der Waals surface area (Å²) >= 11 is 0. The maximum Gasteiger partial charge on any atom is 0.497 e. The maximum atomic E-state index is 15.0. The third-order valence-corrected chi connectivity index (χ3v) is 7.73. The molecule has 0 aromatic heterocycles. The van der Waals surface area contributed by atoms with Crippen LogP contribution in [0.3, 0.4) is 0 Å². The first-order chi connectivity index (χ1) is 14.8. The Morgan fingerprint density at radius 3 is 2.12 bits per heavy atom. The molecule has 172 valence electrons. The molecule has 32 heavy (non-hydrogen) atoms.